The maximum atomic E-state index is 13.6. The second-order valence-corrected chi connectivity index (χ2v) is 4.86. The van der Waals surface area contributed by atoms with Gasteiger partial charge in [-0.3, -0.25) is 9.59 Å². The van der Waals surface area contributed by atoms with Crippen molar-refractivity contribution in [1.82, 2.24) is 5.32 Å². The van der Waals surface area contributed by atoms with Crippen LogP contribution in [0, 0.1) is 17.5 Å². The molecule has 0 saturated heterocycles. The Morgan fingerprint density at radius 3 is 2.43 bits per heavy atom. The van der Waals surface area contributed by atoms with Crippen molar-refractivity contribution in [3.8, 4) is 0 Å². The highest BCUT2D eigenvalue weighted by atomic mass is 19.2. The van der Waals surface area contributed by atoms with Gasteiger partial charge >= 0.3 is 0 Å². The number of hydrogen-bond donors (Lipinski definition) is 2. The minimum Gasteiger partial charge on any atom is -0.368 e. The number of carbonyl (C=O) groups is 2. The number of nitrogens with two attached hydrogens (primary N) is 1. The molecule has 2 amide bonds. The molecule has 3 N–H and O–H groups in total. The van der Waals surface area contributed by atoms with E-state index in [1.54, 1.807) is 6.07 Å². The molecule has 0 aliphatic heterocycles. The first kappa shape index (κ1) is 16.5. The van der Waals surface area contributed by atoms with Gasteiger partial charge in [0.25, 0.3) is 5.91 Å². The standard InChI is InChI=1S/C16H13F3N2O2/c17-10-4-1-3-9(7-10)8-13(15(20)22)21-16(23)11-5-2-6-12(18)14(11)19/h1-7,13H,8H2,(H2,20,22)(H,21,23)/t13-/m0/s1. The molecule has 0 unspecified atom stereocenters. The summed E-state index contributed by atoms with van der Waals surface area (Å²) >= 11 is 0. The number of benzene rings is 2. The summed E-state index contributed by atoms with van der Waals surface area (Å²) in [5, 5.41) is 2.23. The van der Waals surface area contributed by atoms with Crippen molar-refractivity contribution < 1.29 is 22.8 Å². The van der Waals surface area contributed by atoms with Gasteiger partial charge < -0.3 is 11.1 Å². The Kier molecular flexibility index (Phi) is 5.00. The fourth-order valence-electron chi connectivity index (χ4n) is 2.04. The number of nitrogens with one attached hydrogen (secondary N) is 1. The SMILES string of the molecule is NC(=O)[C@H](Cc1cccc(F)c1)NC(=O)c1cccc(F)c1F. The van der Waals surface area contributed by atoms with Gasteiger partial charge in [-0.05, 0) is 29.8 Å². The molecule has 0 bridgehead atoms. The van der Waals surface area contributed by atoms with Gasteiger partial charge in [0.05, 0.1) is 5.56 Å². The Morgan fingerprint density at radius 1 is 1.09 bits per heavy atom. The van der Waals surface area contributed by atoms with E-state index in [0.29, 0.717) is 5.56 Å². The molecule has 120 valence electrons. The predicted molar refractivity (Wildman–Crippen MR) is 76.9 cm³/mol. The maximum Gasteiger partial charge on any atom is 0.255 e. The van der Waals surface area contributed by atoms with Crippen molar-refractivity contribution in [2.24, 2.45) is 5.73 Å². The van der Waals surface area contributed by atoms with E-state index in [9.17, 15) is 22.8 Å². The van der Waals surface area contributed by atoms with Crippen LogP contribution in [0.5, 0.6) is 0 Å². The first-order valence-corrected chi connectivity index (χ1v) is 6.67. The van der Waals surface area contributed by atoms with E-state index in [2.05, 4.69) is 5.32 Å². The third-order valence-electron chi connectivity index (χ3n) is 3.17. The van der Waals surface area contributed by atoms with E-state index >= 15 is 0 Å². The molecule has 2 rings (SSSR count). The normalized spacial score (nSPS) is 11.8. The quantitative estimate of drug-likeness (QED) is 0.883. The van der Waals surface area contributed by atoms with Crippen LogP contribution in [0.1, 0.15) is 15.9 Å². The van der Waals surface area contributed by atoms with Crippen LogP contribution in [0.25, 0.3) is 0 Å². The van der Waals surface area contributed by atoms with Crippen LogP contribution in [0.15, 0.2) is 42.5 Å². The van der Waals surface area contributed by atoms with E-state index < -0.39 is 40.9 Å². The lowest BCUT2D eigenvalue weighted by molar-refractivity contribution is -0.119. The summed E-state index contributed by atoms with van der Waals surface area (Å²) in [6.07, 6.45) is -0.0736. The minimum absolute atomic E-state index is 0.0736. The number of hydrogen-bond acceptors (Lipinski definition) is 2. The van der Waals surface area contributed by atoms with Crippen LogP contribution in [0.4, 0.5) is 13.2 Å². The summed E-state index contributed by atoms with van der Waals surface area (Å²) in [6, 6.07) is 7.32. The molecule has 1 atom stereocenters. The molecule has 0 saturated carbocycles. The third-order valence-corrected chi connectivity index (χ3v) is 3.17. The fraction of sp³-hybridized carbons (Fsp3) is 0.125. The molecule has 2 aromatic rings. The average Bonchev–Trinajstić information content (AvgIpc) is 2.49. The van der Waals surface area contributed by atoms with Gasteiger partial charge in [-0.1, -0.05) is 18.2 Å². The Balaban J connectivity index is 2.18. The van der Waals surface area contributed by atoms with Gasteiger partial charge in [0.1, 0.15) is 11.9 Å². The second kappa shape index (κ2) is 6.95. The van der Waals surface area contributed by atoms with Gasteiger partial charge in [-0.15, -0.1) is 0 Å². The molecule has 0 heterocycles. The van der Waals surface area contributed by atoms with Crippen LogP contribution in [0.2, 0.25) is 0 Å². The Morgan fingerprint density at radius 2 is 1.78 bits per heavy atom. The lowest BCUT2D eigenvalue weighted by Crippen LogP contribution is -2.46. The van der Waals surface area contributed by atoms with Crippen molar-refractivity contribution in [3.05, 3.63) is 71.0 Å². The smallest absolute Gasteiger partial charge is 0.255 e. The van der Waals surface area contributed by atoms with Gasteiger partial charge in [0.2, 0.25) is 5.91 Å². The first-order valence-electron chi connectivity index (χ1n) is 6.67. The van der Waals surface area contributed by atoms with Crippen molar-refractivity contribution in [2.75, 3.05) is 0 Å². The molecule has 2 aromatic carbocycles. The topological polar surface area (TPSA) is 72.2 Å². The summed E-state index contributed by atoms with van der Waals surface area (Å²) in [7, 11) is 0. The van der Waals surface area contributed by atoms with Crippen LogP contribution in [-0.4, -0.2) is 17.9 Å². The summed E-state index contributed by atoms with van der Waals surface area (Å²) in [5.41, 5.74) is 5.08. The van der Waals surface area contributed by atoms with E-state index in [0.717, 1.165) is 12.1 Å². The molecule has 0 aliphatic rings. The highest BCUT2D eigenvalue weighted by Crippen LogP contribution is 2.12. The van der Waals surface area contributed by atoms with E-state index in [4.69, 9.17) is 5.73 Å². The summed E-state index contributed by atoms with van der Waals surface area (Å²) in [5.74, 6) is -4.87. The number of primary amides is 1. The van der Waals surface area contributed by atoms with E-state index in [-0.39, 0.29) is 6.42 Å². The zero-order valence-corrected chi connectivity index (χ0v) is 11.9. The molecular formula is C16H13F3N2O2. The van der Waals surface area contributed by atoms with Gasteiger partial charge in [0, 0.05) is 6.42 Å². The maximum absolute atomic E-state index is 13.6. The van der Waals surface area contributed by atoms with Crippen LogP contribution in [0.3, 0.4) is 0 Å². The Labute approximate surface area is 130 Å². The van der Waals surface area contributed by atoms with E-state index in [1.807, 2.05) is 0 Å². The van der Waals surface area contributed by atoms with Crippen LogP contribution >= 0.6 is 0 Å². The summed E-state index contributed by atoms with van der Waals surface area (Å²) in [6.45, 7) is 0. The minimum atomic E-state index is -1.32. The van der Waals surface area contributed by atoms with Gasteiger partial charge in [-0.2, -0.15) is 0 Å². The van der Waals surface area contributed by atoms with Crippen molar-refractivity contribution in [1.29, 1.82) is 0 Å². The van der Waals surface area contributed by atoms with Crippen molar-refractivity contribution in [3.63, 3.8) is 0 Å². The highest BCUT2D eigenvalue weighted by Gasteiger charge is 2.22. The largest absolute Gasteiger partial charge is 0.368 e. The number of rotatable bonds is 5. The molecule has 7 heteroatoms. The molecule has 4 nitrogen and oxygen atoms in total. The Hall–Kier alpha value is -2.83. The van der Waals surface area contributed by atoms with Gasteiger partial charge in [0.15, 0.2) is 11.6 Å². The van der Waals surface area contributed by atoms with E-state index in [1.165, 1.54) is 24.3 Å². The average molecular weight is 322 g/mol. The zero-order valence-electron chi connectivity index (χ0n) is 11.9. The second-order valence-electron chi connectivity index (χ2n) is 4.86. The first-order chi connectivity index (χ1) is 10.9. The molecule has 0 radical (unpaired) electrons. The lowest BCUT2D eigenvalue weighted by atomic mass is 10.0. The highest BCUT2D eigenvalue weighted by molar-refractivity contribution is 5.97. The summed E-state index contributed by atoms with van der Waals surface area (Å²) < 4.78 is 39.9. The number of carbonyl (C=O) groups excluding carboxylic acids is 2. The molecule has 0 spiro atoms. The monoisotopic (exact) mass is 322 g/mol. The molecule has 23 heavy (non-hydrogen) atoms. The lowest BCUT2D eigenvalue weighted by Gasteiger charge is -2.16. The van der Waals surface area contributed by atoms with Gasteiger partial charge in [-0.25, -0.2) is 13.2 Å². The Bertz CT molecular complexity index is 750. The van der Waals surface area contributed by atoms with Crippen LogP contribution in [-0.2, 0) is 11.2 Å². The number of amides is 2. The van der Waals surface area contributed by atoms with Crippen molar-refractivity contribution >= 4 is 11.8 Å². The molecule has 0 aromatic heterocycles. The number of halogens is 3. The molecular weight excluding hydrogens is 309 g/mol. The van der Waals surface area contributed by atoms with Crippen LogP contribution < -0.4 is 11.1 Å². The third kappa shape index (κ3) is 4.09. The zero-order chi connectivity index (χ0) is 17.0. The molecule has 0 aliphatic carbocycles. The van der Waals surface area contributed by atoms with Crippen molar-refractivity contribution in [2.45, 2.75) is 12.5 Å². The predicted octanol–water partition coefficient (Wildman–Crippen LogP) is 1.93. The summed E-state index contributed by atoms with van der Waals surface area (Å²) in [4.78, 5) is 23.4. The fourth-order valence-corrected chi connectivity index (χ4v) is 2.04. The molecule has 0 fully saturated rings.